The van der Waals surface area contributed by atoms with E-state index in [2.05, 4.69) is 5.32 Å². The summed E-state index contributed by atoms with van der Waals surface area (Å²) < 4.78 is 0. The smallest absolute Gasteiger partial charge is 0.132 e. The Kier molecular flexibility index (Phi) is 7.44. The molecule has 182 valence electrons. The fourth-order valence-corrected chi connectivity index (χ4v) is 5.05. The minimum Gasteiger partial charge on any atom is -0.507 e. The van der Waals surface area contributed by atoms with Crippen LogP contribution in [0.15, 0.2) is 102 Å². The van der Waals surface area contributed by atoms with Crippen molar-refractivity contribution in [2.45, 2.75) is 44.3 Å². The minimum atomic E-state index is 0.123. The Labute approximate surface area is 213 Å². The zero-order valence-corrected chi connectivity index (χ0v) is 20.3. The van der Waals surface area contributed by atoms with Gasteiger partial charge in [-0.05, 0) is 30.0 Å². The maximum absolute atomic E-state index is 10.9. The molecule has 1 aliphatic carbocycles. The van der Waals surface area contributed by atoms with Crippen LogP contribution in [-0.4, -0.2) is 28.5 Å². The van der Waals surface area contributed by atoms with Crippen LogP contribution in [0.3, 0.4) is 0 Å². The first-order chi connectivity index (χ1) is 17.7. The molecule has 0 saturated heterocycles. The number of benzene rings is 4. The van der Waals surface area contributed by atoms with Gasteiger partial charge in [-0.3, -0.25) is 4.99 Å². The molecule has 0 aliphatic heterocycles. The Morgan fingerprint density at radius 1 is 0.694 bits per heavy atom. The van der Waals surface area contributed by atoms with Gasteiger partial charge < -0.3 is 15.5 Å². The van der Waals surface area contributed by atoms with Crippen molar-refractivity contribution in [2.75, 3.05) is 0 Å². The molecule has 5 rings (SSSR count). The van der Waals surface area contributed by atoms with Crippen LogP contribution in [0.4, 0.5) is 0 Å². The molecule has 1 saturated carbocycles. The van der Waals surface area contributed by atoms with Crippen LogP contribution >= 0.6 is 0 Å². The van der Waals surface area contributed by atoms with E-state index < -0.39 is 0 Å². The molecule has 4 nitrogen and oxygen atoms in total. The van der Waals surface area contributed by atoms with Crippen LogP contribution in [0.1, 0.15) is 36.8 Å². The predicted molar refractivity (Wildman–Crippen MR) is 148 cm³/mol. The number of rotatable bonds is 7. The average Bonchev–Trinajstić information content (AvgIpc) is 2.93. The summed E-state index contributed by atoms with van der Waals surface area (Å²) in [5.74, 6) is 0.588. The van der Waals surface area contributed by atoms with Gasteiger partial charge in [0, 0.05) is 41.1 Å². The highest BCUT2D eigenvalue weighted by Crippen LogP contribution is 2.33. The van der Waals surface area contributed by atoms with Crippen LogP contribution < -0.4 is 5.32 Å². The van der Waals surface area contributed by atoms with E-state index in [4.69, 9.17) is 4.99 Å². The standard InChI is InChI=1S/C32H32N2O2/c35-31-25(15-9-17-27(31)23-11-3-1-4-12-23)21-33-29-19-7-8-20-30(29)34-22-26-16-10-18-28(32(26)36)24-13-5-2-6-14-24/h1-6,9-18,21,29-30,34-36H,7-8,19-20,22H2/b33-21+/t29-,30-/m0/s1. The van der Waals surface area contributed by atoms with E-state index in [0.717, 1.165) is 59.1 Å². The van der Waals surface area contributed by atoms with E-state index in [0.29, 0.717) is 12.3 Å². The molecule has 2 atom stereocenters. The molecule has 0 amide bonds. The lowest BCUT2D eigenvalue weighted by Gasteiger charge is -2.30. The van der Waals surface area contributed by atoms with Crippen LogP contribution in [0.25, 0.3) is 22.3 Å². The van der Waals surface area contributed by atoms with Gasteiger partial charge in [-0.1, -0.05) is 104 Å². The summed E-state index contributed by atoms with van der Waals surface area (Å²) in [7, 11) is 0. The van der Waals surface area contributed by atoms with E-state index in [1.54, 1.807) is 0 Å². The fourth-order valence-electron chi connectivity index (χ4n) is 5.05. The highest BCUT2D eigenvalue weighted by Gasteiger charge is 2.24. The molecule has 0 bridgehead atoms. The summed E-state index contributed by atoms with van der Waals surface area (Å²) in [4.78, 5) is 4.92. The molecular weight excluding hydrogens is 444 g/mol. The van der Waals surface area contributed by atoms with E-state index in [9.17, 15) is 10.2 Å². The van der Waals surface area contributed by atoms with Gasteiger partial charge >= 0.3 is 0 Å². The monoisotopic (exact) mass is 476 g/mol. The molecule has 0 aromatic heterocycles. The minimum absolute atomic E-state index is 0.123. The second-order valence-corrected chi connectivity index (χ2v) is 9.41. The molecule has 4 aromatic rings. The number of aromatic hydroxyl groups is 2. The Bertz CT molecular complexity index is 1320. The summed E-state index contributed by atoms with van der Waals surface area (Å²) in [5.41, 5.74) is 5.27. The van der Waals surface area contributed by atoms with Crippen molar-refractivity contribution < 1.29 is 10.2 Å². The van der Waals surface area contributed by atoms with Gasteiger partial charge in [0.1, 0.15) is 11.5 Å². The van der Waals surface area contributed by atoms with Crippen molar-refractivity contribution in [3.63, 3.8) is 0 Å². The number of nitrogens with zero attached hydrogens (tertiary/aromatic N) is 1. The van der Waals surface area contributed by atoms with Gasteiger partial charge in [0.05, 0.1) is 6.04 Å². The predicted octanol–water partition coefficient (Wildman–Crippen LogP) is 6.95. The van der Waals surface area contributed by atoms with Crippen LogP contribution in [-0.2, 0) is 6.54 Å². The normalized spacial score (nSPS) is 17.9. The van der Waals surface area contributed by atoms with Gasteiger partial charge in [0.2, 0.25) is 0 Å². The van der Waals surface area contributed by atoms with Gasteiger partial charge in [0.25, 0.3) is 0 Å². The van der Waals surface area contributed by atoms with E-state index in [1.807, 2.05) is 103 Å². The summed E-state index contributed by atoms with van der Waals surface area (Å²) in [6.07, 6.45) is 6.17. The van der Waals surface area contributed by atoms with Crippen molar-refractivity contribution in [1.82, 2.24) is 5.32 Å². The first kappa shape index (κ1) is 23.8. The zero-order chi connectivity index (χ0) is 24.7. The van der Waals surface area contributed by atoms with Crippen molar-refractivity contribution in [1.29, 1.82) is 0 Å². The first-order valence-corrected chi connectivity index (χ1v) is 12.7. The molecular formula is C32H32N2O2. The SMILES string of the molecule is Oc1c(/C=N/[C@H]2CCCC[C@@H]2NCc2cccc(-c3ccccc3)c2O)cccc1-c1ccccc1. The Morgan fingerprint density at radius 3 is 2.00 bits per heavy atom. The molecule has 3 N–H and O–H groups in total. The number of hydrogen-bond acceptors (Lipinski definition) is 4. The largest absolute Gasteiger partial charge is 0.507 e. The van der Waals surface area contributed by atoms with Crippen molar-refractivity contribution in [3.05, 3.63) is 108 Å². The van der Waals surface area contributed by atoms with Crippen LogP contribution in [0.5, 0.6) is 11.5 Å². The van der Waals surface area contributed by atoms with Gasteiger partial charge in [-0.15, -0.1) is 0 Å². The second kappa shape index (κ2) is 11.2. The summed E-state index contributed by atoms with van der Waals surface area (Å²) >= 11 is 0. The van der Waals surface area contributed by atoms with Crippen molar-refractivity contribution >= 4 is 6.21 Å². The van der Waals surface area contributed by atoms with Crippen molar-refractivity contribution in [3.8, 4) is 33.8 Å². The average molecular weight is 477 g/mol. The van der Waals surface area contributed by atoms with Crippen LogP contribution in [0.2, 0.25) is 0 Å². The third kappa shape index (κ3) is 5.34. The summed E-state index contributed by atoms with van der Waals surface area (Å²) in [5, 5.41) is 25.5. The van der Waals surface area contributed by atoms with Gasteiger partial charge in [0.15, 0.2) is 0 Å². The van der Waals surface area contributed by atoms with Gasteiger partial charge in [-0.25, -0.2) is 0 Å². The van der Waals surface area contributed by atoms with E-state index >= 15 is 0 Å². The zero-order valence-electron chi connectivity index (χ0n) is 20.3. The van der Waals surface area contributed by atoms with Crippen LogP contribution in [0, 0.1) is 0 Å². The topological polar surface area (TPSA) is 64.9 Å². The lowest BCUT2D eigenvalue weighted by atomic mass is 9.90. The third-order valence-corrected chi connectivity index (χ3v) is 7.05. The molecule has 36 heavy (non-hydrogen) atoms. The Balaban J connectivity index is 1.30. The van der Waals surface area contributed by atoms with Gasteiger partial charge in [-0.2, -0.15) is 0 Å². The second-order valence-electron chi connectivity index (χ2n) is 9.41. The summed E-state index contributed by atoms with van der Waals surface area (Å²) in [6.45, 7) is 0.581. The fraction of sp³-hybridized carbons (Fsp3) is 0.219. The third-order valence-electron chi connectivity index (χ3n) is 7.05. The first-order valence-electron chi connectivity index (χ1n) is 12.7. The maximum Gasteiger partial charge on any atom is 0.132 e. The lowest BCUT2D eigenvalue weighted by Crippen LogP contribution is -2.40. The molecule has 0 radical (unpaired) electrons. The molecule has 0 unspecified atom stereocenters. The number of phenols is 2. The van der Waals surface area contributed by atoms with E-state index in [-0.39, 0.29) is 17.8 Å². The van der Waals surface area contributed by atoms with Crippen molar-refractivity contribution in [2.24, 2.45) is 4.99 Å². The summed E-state index contributed by atoms with van der Waals surface area (Å²) in [6, 6.07) is 32.0. The quantitative estimate of drug-likeness (QED) is 0.253. The molecule has 0 heterocycles. The Morgan fingerprint density at radius 2 is 1.31 bits per heavy atom. The number of hydrogen-bond donors (Lipinski definition) is 3. The number of para-hydroxylation sites is 2. The highest BCUT2D eigenvalue weighted by molar-refractivity contribution is 5.88. The number of aliphatic imine (C=N–C) groups is 1. The highest BCUT2D eigenvalue weighted by atomic mass is 16.3. The maximum atomic E-state index is 10.9. The number of nitrogens with one attached hydrogen (secondary N) is 1. The molecule has 4 heteroatoms. The molecule has 1 fully saturated rings. The molecule has 0 spiro atoms. The number of phenolic OH excluding ortho intramolecular Hbond substituents is 2. The molecule has 1 aliphatic rings. The van der Waals surface area contributed by atoms with E-state index in [1.165, 1.54) is 0 Å². The Hall–Kier alpha value is -3.89. The lowest BCUT2D eigenvalue weighted by molar-refractivity contribution is 0.327. The molecule has 4 aromatic carbocycles.